The van der Waals surface area contributed by atoms with Crippen LogP contribution < -0.4 is 5.32 Å². The molecule has 0 radical (unpaired) electrons. The first kappa shape index (κ1) is 14.0. The Kier molecular flexibility index (Phi) is 8.26. The van der Waals surface area contributed by atoms with E-state index in [1.807, 2.05) is 0 Å². The summed E-state index contributed by atoms with van der Waals surface area (Å²) >= 11 is 0. The van der Waals surface area contributed by atoms with Gasteiger partial charge < -0.3 is 5.32 Å². The molecule has 2 unspecified atom stereocenters. The van der Waals surface area contributed by atoms with Gasteiger partial charge in [-0.25, -0.2) is 0 Å². The lowest BCUT2D eigenvalue weighted by molar-refractivity contribution is 0.307. The highest BCUT2D eigenvalue weighted by Gasteiger charge is 2.16. The monoisotopic (exact) mass is 199 g/mol. The average Bonchev–Trinajstić information content (AvgIpc) is 2.10. The summed E-state index contributed by atoms with van der Waals surface area (Å²) in [7, 11) is 0. The van der Waals surface area contributed by atoms with Crippen LogP contribution in [-0.4, -0.2) is 12.6 Å². The van der Waals surface area contributed by atoms with Crippen LogP contribution in [0.15, 0.2) is 0 Å². The normalized spacial score (nSPS) is 15.9. The van der Waals surface area contributed by atoms with Crippen molar-refractivity contribution in [3.8, 4) is 0 Å². The van der Waals surface area contributed by atoms with Gasteiger partial charge in [0.2, 0.25) is 0 Å². The van der Waals surface area contributed by atoms with Gasteiger partial charge in [-0.15, -0.1) is 0 Å². The minimum Gasteiger partial charge on any atom is -0.314 e. The lowest BCUT2D eigenvalue weighted by atomic mass is 9.89. The Morgan fingerprint density at radius 3 is 2.07 bits per heavy atom. The molecule has 0 bridgehead atoms. The fraction of sp³-hybridized carbons (Fsp3) is 1.00. The molecule has 0 saturated heterocycles. The molecule has 1 N–H and O–H groups in total. The first-order valence-corrected chi connectivity index (χ1v) is 6.35. The highest BCUT2D eigenvalue weighted by atomic mass is 14.9. The maximum absolute atomic E-state index is 3.68. The van der Waals surface area contributed by atoms with Gasteiger partial charge in [0.25, 0.3) is 0 Å². The van der Waals surface area contributed by atoms with Gasteiger partial charge >= 0.3 is 0 Å². The lowest BCUT2D eigenvalue weighted by Crippen LogP contribution is -2.36. The van der Waals surface area contributed by atoms with Crippen molar-refractivity contribution < 1.29 is 0 Å². The third-order valence-electron chi connectivity index (χ3n) is 2.79. The van der Waals surface area contributed by atoms with Crippen LogP contribution in [0.5, 0.6) is 0 Å². The van der Waals surface area contributed by atoms with E-state index in [0.717, 1.165) is 17.9 Å². The van der Waals surface area contributed by atoms with Crippen molar-refractivity contribution in [1.82, 2.24) is 5.32 Å². The summed E-state index contributed by atoms with van der Waals surface area (Å²) in [5, 5.41) is 3.68. The zero-order valence-electron chi connectivity index (χ0n) is 10.8. The number of rotatable bonds is 8. The van der Waals surface area contributed by atoms with E-state index >= 15 is 0 Å². The number of hydrogen-bond donors (Lipinski definition) is 1. The summed E-state index contributed by atoms with van der Waals surface area (Å²) in [5.41, 5.74) is 0. The fourth-order valence-corrected chi connectivity index (χ4v) is 2.14. The second-order valence-electron chi connectivity index (χ2n) is 4.96. The summed E-state index contributed by atoms with van der Waals surface area (Å²) in [4.78, 5) is 0. The zero-order chi connectivity index (χ0) is 11.0. The van der Waals surface area contributed by atoms with Crippen LogP contribution in [0.2, 0.25) is 0 Å². The quantitative estimate of drug-likeness (QED) is 0.626. The molecule has 0 aromatic heterocycles. The summed E-state index contributed by atoms with van der Waals surface area (Å²) in [6.07, 6.45) is 5.22. The third-order valence-corrected chi connectivity index (χ3v) is 2.79. The molecule has 0 spiro atoms. The Hall–Kier alpha value is -0.0400. The maximum Gasteiger partial charge on any atom is 0.00926 e. The van der Waals surface area contributed by atoms with Crippen LogP contribution >= 0.6 is 0 Å². The molecule has 1 heteroatoms. The van der Waals surface area contributed by atoms with E-state index in [2.05, 4.69) is 39.9 Å². The van der Waals surface area contributed by atoms with Crippen molar-refractivity contribution in [2.24, 2.45) is 11.8 Å². The zero-order valence-corrected chi connectivity index (χ0v) is 10.8. The molecule has 0 rings (SSSR count). The number of hydrogen-bond acceptors (Lipinski definition) is 1. The van der Waals surface area contributed by atoms with Crippen LogP contribution in [0.3, 0.4) is 0 Å². The predicted molar refractivity (Wildman–Crippen MR) is 65.6 cm³/mol. The molecule has 14 heavy (non-hydrogen) atoms. The first-order valence-electron chi connectivity index (χ1n) is 6.35. The number of nitrogens with one attached hydrogen (secondary N) is 1. The predicted octanol–water partition coefficient (Wildman–Crippen LogP) is 3.84. The molecule has 0 saturated carbocycles. The molecule has 0 aliphatic heterocycles. The van der Waals surface area contributed by atoms with Gasteiger partial charge in [-0.2, -0.15) is 0 Å². The van der Waals surface area contributed by atoms with E-state index in [1.54, 1.807) is 0 Å². The molecule has 0 amide bonds. The van der Waals surface area contributed by atoms with Crippen molar-refractivity contribution in [3.63, 3.8) is 0 Å². The maximum atomic E-state index is 3.68. The van der Waals surface area contributed by atoms with E-state index in [0.29, 0.717) is 0 Å². The molecule has 0 heterocycles. The second kappa shape index (κ2) is 8.28. The van der Waals surface area contributed by atoms with Gasteiger partial charge in [-0.1, -0.05) is 41.0 Å². The van der Waals surface area contributed by atoms with Crippen molar-refractivity contribution in [1.29, 1.82) is 0 Å². The molecule has 1 nitrogen and oxygen atoms in total. The van der Waals surface area contributed by atoms with Gasteiger partial charge in [0.05, 0.1) is 0 Å². The van der Waals surface area contributed by atoms with Gasteiger partial charge in [0.1, 0.15) is 0 Å². The van der Waals surface area contributed by atoms with Crippen molar-refractivity contribution >= 4 is 0 Å². The topological polar surface area (TPSA) is 12.0 Å². The van der Waals surface area contributed by atoms with Gasteiger partial charge in [-0.3, -0.25) is 0 Å². The van der Waals surface area contributed by atoms with Gasteiger partial charge in [0, 0.05) is 6.04 Å². The molecule has 0 aromatic carbocycles. The second-order valence-corrected chi connectivity index (χ2v) is 4.96. The third kappa shape index (κ3) is 6.42. The van der Waals surface area contributed by atoms with Crippen molar-refractivity contribution in [2.75, 3.05) is 6.54 Å². The van der Waals surface area contributed by atoms with Crippen LogP contribution in [0.4, 0.5) is 0 Å². The van der Waals surface area contributed by atoms with E-state index in [4.69, 9.17) is 0 Å². The Morgan fingerprint density at radius 1 is 1.00 bits per heavy atom. The van der Waals surface area contributed by atoms with Crippen molar-refractivity contribution in [2.45, 2.75) is 66.3 Å². The highest BCUT2D eigenvalue weighted by molar-refractivity contribution is 4.73. The fourth-order valence-electron chi connectivity index (χ4n) is 2.14. The lowest BCUT2D eigenvalue weighted by Gasteiger charge is -2.26. The molecule has 0 fully saturated rings. The van der Waals surface area contributed by atoms with Crippen LogP contribution in [-0.2, 0) is 0 Å². The Morgan fingerprint density at radius 2 is 1.64 bits per heavy atom. The summed E-state index contributed by atoms with van der Waals surface area (Å²) in [6.45, 7) is 12.7. The van der Waals surface area contributed by atoms with E-state index in [9.17, 15) is 0 Å². The van der Waals surface area contributed by atoms with Gasteiger partial charge in [-0.05, 0) is 37.6 Å². The largest absolute Gasteiger partial charge is 0.314 e. The van der Waals surface area contributed by atoms with E-state index in [-0.39, 0.29) is 0 Å². The molecular formula is C13H29N. The minimum absolute atomic E-state index is 0.738. The van der Waals surface area contributed by atoms with E-state index in [1.165, 1.54) is 32.2 Å². The molecule has 0 aliphatic carbocycles. The van der Waals surface area contributed by atoms with Gasteiger partial charge in [0.15, 0.2) is 0 Å². The SMILES string of the molecule is CCCNC(CCC)C(C)CC(C)C. The summed E-state index contributed by atoms with van der Waals surface area (Å²) in [6, 6.07) is 0.738. The van der Waals surface area contributed by atoms with Crippen LogP contribution in [0.25, 0.3) is 0 Å². The molecule has 2 atom stereocenters. The van der Waals surface area contributed by atoms with Crippen molar-refractivity contribution in [3.05, 3.63) is 0 Å². The Bertz CT molecular complexity index is 120. The Balaban J connectivity index is 3.89. The summed E-state index contributed by atoms with van der Waals surface area (Å²) < 4.78 is 0. The highest BCUT2D eigenvalue weighted by Crippen LogP contribution is 2.18. The molecule has 0 aliphatic rings. The standard InChI is InChI=1S/C13H29N/c1-6-8-13(14-9-7-2)12(5)10-11(3)4/h11-14H,6-10H2,1-5H3. The van der Waals surface area contributed by atoms with Crippen LogP contribution in [0, 0.1) is 11.8 Å². The first-order chi connectivity index (χ1) is 6.61. The smallest absolute Gasteiger partial charge is 0.00926 e. The minimum atomic E-state index is 0.738. The average molecular weight is 199 g/mol. The van der Waals surface area contributed by atoms with Crippen LogP contribution in [0.1, 0.15) is 60.3 Å². The molecule has 0 aromatic rings. The Labute approximate surface area is 90.7 Å². The molecule has 86 valence electrons. The molecular weight excluding hydrogens is 170 g/mol. The summed E-state index contributed by atoms with van der Waals surface area (Å²) in [5.74, 6) is 1.65. The van der Waals surface area contributed by atoms with E-state index < -0.39 is 0 Å².